The van der Waals surface area contributed by atoms with Gasteiger partial charge in [-0.25, -0.2) is 4.79 Å². The summed E-state index contributed by atoms with van der Waals surface area (Å²) in [7, 11) is 1.64. The summed E-state index contributed by atoms with van der Waals surface area (Å²) in [5.41, 5.74) is 2.10. The number of carbonyl (C=O) groups is 4. The fourth-order valence-electron chi connectivity index (χ4n) is 5.39. The number of nitrogens with one attached hydrogen (secondary N) is 2. The predicted molar refractivity (Wildman–Crippen MR) is 175 cm³/mol. The van der Waals surface area contributed by atoms with Gasteiger partial charge in [-0.1, -0.05) is 74.0 Å². The summed E-state index contributed by atoms with van der Waals surface area (Å²) in [5, 5.41) is 14.8. The summed E-state index contributed by atoms with van der Waals surface area (Å²) in [6.07, 6.45) is 6.45. The minimum Gasteiger partial charge on any atom is -0.482 e. The highest BCUT2D eigenvalue weighted by Gasteiger charge is 2.23. The van der Waals surface area contributed by atoms with Crippen LogP contribution in [0.4, 0.5) is 21.9 Å². The van der Waals surface area contributed by atoms with E-state index in [1.165, 1.54) is 24.2 Å². The maximum atomic E-state index is 13.6. The first kappa shape index (κ1) is 33.3. The molecule has 1 saturated carbocycles. The molecule has 10 nitrogen and oxygen atoms in total. The third-order valence-electron chi connectivity index (χ3n) is 7.80. The summed E-state index contributed by atoms with van der Waals surface area (Å²) in [6, 6.07) is 20.0. The molecular formula is C34H39ClN4O6. The molecule has 1 aliphatic carbocycles. The highest BCUT2D eigenvalue weighted by molar-refractivity contribution is 6.30. The van der Waals surface area contributed by atoms with Crippen LogP contribution < -0.4 is 25.2 Å². The smallest absolute Gasteiger partial charge is 0.319 e. The predicted octanol–water partition coefficient (Wildman–Crippen LogP) is 6.13. The van der Waals surface area contributed by atoms with Gasteiger partial charge in [0.15, 0.2) is 6.61 Å². The van der Waals surface area contributed by atoms with Gasteiger partial charge < -0.3 is 30.3 Å². The van der Waals surface area contributed by atoms with Crippen LogP contribution in [-0.2, 0) is 20.8 Å². The molecule has 4 amide bonds. The quantitative estimate of drug-likeness (QED) is 0.207. The molecule has 0 saturated heterocycles. The highest BCUT2D eigenvalue weighted by Crippen LogP contribution is 2.31. The molecule has 3 aromatic rings. The Bertz CT molecular complexity index is 1490. The molecule has 0 spiro atoms. The Morgan fingerprint density at radius 2 is 1.69 bits per heavy atom. The Labute approximate surface area is 268 Å². The van der Waals surface area contributed by atoms with Gasteiger partial charge in [0.25, 0.3) is 5.91 Å². The molecule has 11 heteroatoms. The molecule has 0 atom stereocenters. The lowest BCUT2D eigenvalue weighted by atomic mass is 9.87. The zero-order chi connectivity index (χ0) is 32.2. The number of aliphatic carboxylic acids is 1. The number of carboxylic acids is 1. The fourth-order valence-corrected chi connectivity index (χ4v) is 5.58. The van der Waals surface area contributed by atoms with Crippen molar-refractivity contribution in [1.29, 1.82) is 0 Å². The molecule has 3 N–H and O–H groups in total. The van der Waals surface area contributed by atoms with E-state index < -0.39 is 12.0 Å². The lowest BCUT2D eigenvalue weighted by molar-refractivity contribution is -0.136. The standard InChI is InChI=1S/C34H39ClN4O6/c1-38(28-14-8-12-26(35)21-28)32(41)23-45-30-16-6-5-15-29(30)39(18-17-24-9-3-2-4-10-24)31(40)22-36-34(44)37-27-13-7-11-25(19-27)20-33(42)43/h5-8,11-16,19,21,24H,2-4,9-10,17-18,20,22-23H2,1H3,(H,42,43)(H2,36,37,44). The number of hydrogen-bond donors (Lipinski definition) is 3. The van der Waals surface area contributed by atoms with E-state index >= 15 is 0 Å². The number of nitrogens with zero attached hydrogens (tertiary/aromatic N) is 2. The maximum absolute atomic E-state index is 13.6. The molecule has 238 valence electrons. The molecule has 45 heavy (non-hydrogen) atoms. The molecule has 3 aromatic carbocycles. The van der Waals surface area contributed by atoms with Crippen LogP contribution in [-0.4, -0.2) is 55.7 Å². The Hall–Kier alpha value is -4.57. The summed E-state index contributed by atoms with van der Waals surface area (Å²) < 4.78 is 5.98. The fraction of sp³-hybridized carbons (Fsp3) is 0.353. The lowest BCUT2D eigenvalue weighted by Gasteiger charge is -2.29. The summed E-state index contributed by atoms with van der Waals surface area (Å²) in [5.74, 6) is -0.722. The van der Waals surface area contributed by atoms with Gasteiger partial charge in [0, 0.05) is 30.0 Å². The van der Waals surface area contributed by atoms with E-state index in [0.29, 0.717) is 45.9 Å². The monoisotopic (exact) mass is 634 g/mol. The topological polar surface area (TPSA) is 128 Å². The molecular weight excluding hydrogens is 596 g/mol. The number of halogens is 1. The number of ether oxygens (including phenoxy) is 1. The van der Waals surface area contributed by atoms with Crippen LogP contribution in [0.1, 0.15) is 44.1 Å². The largest absolute Gasteiger partial charge is 0.482 e. The van der Waals surface area contributed by atoms with Crippen molar-refractivity contribution in [3.8, 4) is 5.75 Å². The van der Waals surface area contributed by atoms with E-state index in [4.69, 9.17) is 21.4 Å². The first-order valence-electron chi connectivity index (χ1n) is 15.1. The Kier molecular flexibility index (Phi) is 12.2. The van der Waals surface area contributed by atoms with Gasteiger partial charge in [0.1, 0.15) is 5.75 Å². The average molecular weight is 635 g/mol. The number of anilines is 3. The van der Waals surface area contributed by atoms with Crippen LogP contribution in [0.3, 0.4) is 0 Å². The Balaban J connectivity index is 1.44. The van der Waals surface area contributed by atoms with E-state index in [-0.39, 0.29) is 31.4 Å². The van der Waals surface area contributed by atoms with E-state index in [2.05, 4.69) is 10.6 Å². The summed E-state index contributed by atoms with van der Waals surface area (Å²) in [4.78, 5) is 53.4. The highest BCUT2D eigenvalue weighted by atomic mass is 35.5. The first-order chi connectivity index (χ1) is 21.7. The van der Waals surface area contributed by atoms with Crippen molar-refractivity contribution in [3.05, 3.63) is 83.4 Å². The van der Waals surface area contributed by atoms with Crippen LogP contribution >= 0.6 is 11.6 Å². The third kappa shape index (κ3) is 10.2. The average Bonchev–Trinajstić information content (AvgIpc) is 3.03. The molecule has 0 aliphatic heterocycles. The molecule has 4 rings (SSSR count). The van der Waals surface area contributed by atoms with Gasteiger partial charge in [0.2, 0.25) is 5.91 Å². The lowest BCUT2D eigenvalue weighted by Crippen LogP contribution is -2.42. The summed E-state index contributed by atoms with van der Waals surface area (Å²) >= 11 is 6.09. The van der Waals surface area contributed by atoms with Crippen molar-refractivity contribution in [2.24, 2.45) is 5.92 Å². The van der Waals surface area contributed by atoms with Crippen molar-refractivity contribution in [2.75, 3.05) is 41.9 Å². The van der Waals surface area contributed by atoms with Gasteiger partial charge in [-0.05, 0) is 60.4 Å². The van der Waals surface area contributed by atoms with Gasteiger partial charge >= 0.3 is 12.0 Å². The molecule has 0 heterocycles. The first-order valence-corrected chi connectivity index (χ1v) is 15.5. The van der Waals surface area contributed by atoms with Crippen LogP contribution in [0.15, 0.2) is 72.8 Å². The van der Waals surface area contributed by atoms with Crippen molar-refractivity contribution >= 4 is 52.5 Å². The van der Waals surface area contributed by atoms with E-state index in [0.717, 1.165) is 19.3 Å². The minimum atomic E-state index is -0.975. The number of para-hydroxylation sites is 2. The SMILES string of the molecule is CN(C(=O)COc1ccccc1N(CCC1CCCCC1)C(=O)CNC(=O)Nc1cccc(CC(=O)O)c1)c1cccc(Cl)c1. The zero-order valence-electron chi connectivity index (χ0n) is 25.3. The molecule has 1 aliphatic rings. The second-order valence-corrected chi connectivity index (χ2v) is 11.5. The zero-order valence-corrected chi connectivity index (χ0v) is 26.1. The van der Waals surface area contributed by atoms with Crippen molar-refractivity contribution < 1.29 is 29.0 Å². The molecule has 0 bridgehead atoms. The molecule has 0 unspecified atom stereocenters. The van der Waals surface area contributed by atoms with Crippen molar-refractivity contribution in [1.82, 2.24) is 5.32 Å². The van der Waals surface area contributed by atoms with Gasteiger partial charge in [-0.2, -0.15) is 0 Å². The van der Waals surface area contributed by atoms with Crippen LogP contribution in [0.5, 0.6) is 5.75 Å². The number of likely N-dealkylation sites (N-methyl/N-ethyl adjacent to an activating group) is 1. The van der Waals surface area contributed by atoms with E-state index in [1.807, 2.05) is 0 Å². The third-order valence-corrected chi connectivity index (χ3v) is 8.04. The van der Waals surface area contributed by atoms with Gasteiger partial charge in [0.05, 0.1) is 18.7 Å². The van der Waals surface area contributed by atoms with Crippen LogP contribution in [0, 0.1) is 5.92 Å². The van der Waals surface area contributed by atoms with E-state index in [9.17, 15) is 19.2 Å². The molecule has 0 aromatic heterocycles. The Morgan fingerprint density at radius 3 is 2.44 bits per heavy atom. The normalized spacial score (nSPS) is 13.0. The minimum absolute atomic E-state index is 0.171. The number of urea groups is 1. The van der Waals surface area contributed by atoms with Gasteiger partial charge in [-0.15, -0.1) is 0 Å². The van der Waals surface area contributed by atoms with Gasteiger partial charge in [-0.3, -0.25) is 14.4 Å². The Morgan fingerprint density at radius 1 is 0.933 bits per heavy atom. The number of carboxylic acid groups (broad SMARTS) is 1. The number of carbonyl (C=O) groups excluding carboxylic acids is 3. The molecule has 1 fully saturated rings. The second-order valence-electron chi connectivity index (χ2n) is 11.1. The van der Waals surface area contributed by atoms with Crippen molar-refractivity contribution in [3.63, 3.8) is 0 Å². The number of hydrogen-bond acceptors (Lipinski definition) is 5. The molecule has 0 radical (unpaired) electrons. The number of rotatable bonds is 13. The second kappa shape index (κ2) is 16.5. The van der Waals surface area contributed by atoms with Crippen LogP contribution in [0.2, 0.25) is 5.02 Å². The van der Waals surface area contributed by atoms with E-state index in [1.54, 1.807) is 84.7 Å². The summed E-state index contributed by atoms with van der Waals surface area (Å²) in [6.45, 7) is -0.108. The van der Waals surface area contributed by atoms with Crippen LogP contribution in [0.25, 0.3) is 0 Å². The maximum Gasteiger partial charge on any atom is 0.319 e. The van der Waals surface area contributed by atoms with Crippen molar-refractivity contribution in [2.45, 2.75) is 44.9 Å². The number of amides is 4. The number of benzene rings is 3.